The first kappa shape index (κ1) is 14.3. The fourth-order valence-corrected chi connectivity index (χ4v) is 2.49. The van der Waals surface area contributed by atoms with E-state index in [2.05, 4.69) is 21.2 Å². The van der Waals surface area contributed by atoms with Crippen molar-refractivity contribution >= 4 is 15.9 Å². The SMILES string of the molecule is Fc1ccc(Br)c(F)c1CNCc1ccc2c(c1)OCO2. The molecule has 110 valence electrons. The molecule has 0 fully saturated rings. The number of rotatable bonds is 4. The molecule has 0 aromatic heterocycles. The second-order valence-corrected chi connectivity index (χ2v) is 5.47. The topological polar surface area (TPSA) is 30.5 Å². The third-order valence-corrected chi connectivity index (χ3v) is 3.82. The Morgan fingerprint density at radius 3 is 2.71 bits per heavy atom. The lowest BCUT2D eigenvalue weighted by Gasteiger charge is -2.09. The number of halogens is 3. The fraction of sp³-hybridized carbons (Fsp3) is 0.200. The molecule has 3 nitrogen and oxygen atoms in total. The van der Waals surface area contributed by atoms with Gasteiger partial charge in [-0.25, -0.2) is 8.78 Å². The van der Waals surface area contributed by atoms with Crippen LogP contribution < -0.4 is 14.8 Å². The van der Waals surface area contributed by atoms with Gasteiger partial charge in [0.25, 0.3) is 0 Å². The zero-order valence-electron chi connectivity index (χ0n) is 11.0. The van der Waals surface area contributed by atoms with Crippen LogP contribution >= 0.6 is 15.9 Å². The van der Waals surface area contributed by atoms with Crippen molar-refractivity contribution in [3.8, 4) is 11.5 Å². The van der Waals surface area contributed by atoms with Crippen LogP contribution in [0.3, 0.4) is 0 Å². The van der Waals surface area contributed by atoms with Gasteiger partial charge in [0.2, 0.25) is 6.79 Å². The van der Waals surface area contributed by atoms with E-state index >= 15 is 0 Å². The van der Waals surface area contributed by atoms with Gasteiger partial charge in [0, 0.05) is 18.7 Å². The van der Waals surface area contributed by atoms with Crippen molar-refractivity contribution in [1.82, 2.24) is 5.32 Å². The number of fused-ring (bicyclic) bond motifs is 1. The number of nitrogens with one attached hydrogen (secondary N) is 1. The largest absolute Gasteiger partial charge is 0.454 e. The summed E-state index contributed by atoms with van der Waals surface area (Å²) in [5, 5.41) is 3.02. The molecule has 1 heterocycles. The van der Waals surface area contributed by atoms with Gasteiger partial charge in [-0.1, -0.05) is 6.07 Å². The predicted molar refractivity (Wildman–Crippen MR) is 77.2 cm³/mol. The summed E-state index contributed by atoms with van der Waals surface area (Å²) in [4.78, 5) is 0. The Bertz CT molecular complexity index is 679. The monoisotopic (exact) mass is 355 g/mol. The second kappa shape index (κ2) is 5.99. The normalized spacial score (nSPS) is 12.7. The molecule has 0 saturated carbocycles. The Morgan fingerprint density at radius 2 is 1.86 bits per heavy atom. The summed E-state index contributed by atoms with van der Waals surface area (Å²) in [5.74, 6) is 0.263. The predicted octanol–water partition coefficient (Wildman–Crippen LogP) is 3.75. The maximum absolute atomic E-state index is 13.8. The van der Waals surface area contributed by atoms with Crippen LogP contribution in [0.5, 0.6) is 11.5 Å². The first-order valence-corrected chi connectivity index (χ1v) is 7.16. The average molecular weight is 356 g/mol. The molecule has 0 bridgehead atoms. The Morgan fingerprint density at radius 1 is 1.05 bits per heavy atom. The van der Waals surface area contributed by atoms with Crippen molar-refractivity contribution < 1.29 is 18.3 Å². The lowest BCUT2D eigenvalue weighted by Crippen LogP contribution is -2.15. The minimum Gasteiger partial charge on any atom is -0.454 e. The average Bonchev–Trinajstić information content (AvgIpc) is 2.94. The van der Waals surface area contributed by atoms with Crippen LogP contribution in [0.1, 0.15) is 11.1 Å². The Kier molecular flexibility index (Phi) is 4.07. The van der Waals surface area contributed by atoms with Gasteiger partial charge >= 0.3 is 0 Å². The third-order valence-electron chi connectivity index (χ3n) is 3.21. The standard InChI is InChI=1S/C15H12BrF2NO2/c16-11-2-3-12(17)10(15(11)18)7-19-6-9-1-4-13-14(5-9)21-8-20-13/h1-5,19H,6-8H2. The molecule has 1 N–H and O–H groups in total. The van der Waals surface area contributed by atoms with Crippen LogP contribution in [0.4, 0.5) is 8.78 Å². The molecule has 0 saturated heterocycles. The summed E-state index contributed by atoms with van der Waals surface area (Å²) >= 11 is 3.05. The van der Waals surface area contributed by atoms with Crippen LogP contribution in [0, 0.1) is 11.6 Å². The van der Waals surface area contributed by atoms with E-state index in [1.807, 2.05) is 18.2 Å². The van der Waals surface area contributed by atoms with Gasteiger partial charge in [-0.05, 0) is 45.8 Å². The van der Waals surface area contributed by atoms with Gasteiger partial charge in [-0.3, -0.25) is 0 Å². The van der Waals surface area contributed by atoms with Crippen LogP contribution in [0.25, 0.3) is 0 Å². The molecule has 2 aromatic carbocycles. The highest BCUT2D eigenvalue weighted by molar-refractivity contribution is 9.10. The van der Waals surface area contributed by atoms with Crippen molar-refractivity contribution in [2.45, 2.75) is 13.1 Å². The molecular weight excluding hydrogens is 344 g/mol. The molecule has 21 heavy (non-hydrogen) atoms. The lowest BCUT2D eigenvalue weighted by atomic mass is 10.1. The molecular formula is C15H12BrF2NO2. The number of benzene rings is 2. The summed E-state index contributed by atoms with van der Waals surface area (Å²) < 4.78 is 38.2. The summed E-state index contributed by atoms with van der Waals surface area (Å²) in [5.41, 5.74) is 0.972. The first-order valence-electron chi connectivity index (χ1n) is 6.37. The summed E-state index contributed by atoms with van der Waals surface area (Å²) in [6.45, 7) is 0.800. The molecule has 0 atom stereocenters. The van der Waals surface area contributed by atoms with Gasteiger partial charge < -0.3 is 14.8 Å². The van der Waals surface area contributed by atoms with E-state index in [1.54, 1.807) is 0 Å². The maximum atomic E-state index is 13.8. The van der Waals surface area contributed by atoms with E-state index < -0.39 is 11.6 Å². The highest BCUT2D eigenvalue weighted by atomic mass is 79.9. The molecule has 0 unspecified atom stereocenters. The van der Waals surface area contributed by atoms with E-state index in [-0.39, 0.29) is 23.4 Å². The molecule has 1 aliphatic rings. The molecule has 3 rings (SSSR count). The molecule has 1 aliphatic heterocycles. The quantitative estimate of drug-likeness (QED) is 0.847. The number of hydrogen-bond acceptors (Lipinski definition) is 3. The first-order chi connectivity index (χ1) is 10.1. The minimum atomic E-state index is -0.576. The van der Waals surface area contributed by atoms with Crippen molar-refractivity contribution in [2.24, 2.45) is 0 Å². The van der Waals surface area contributed by atoms with Crippen molar-refractivity contribution in [2.75, 3.05) is 6.79 Å². The number of hydrogen-bond donors (Lipinski definition) is 1. The smallest absolute Gasteiger partial charge is 0.231 e. The highest BCUT2D eigenvalue weighted by Crippen LogP contribution is 2.32. The zero-order chi connectivity index (χ0) is 14.8. The second-order valence-electron chi connectivity index (χ2n) is 4.61. The van der Waals surface area contributed by atoms with Crippen molar-refractivity contribution in [3.05, 3.63) is 57.6 Å². The number of ether oxygens (including phenoxy) is 2. The van der Waals surface area contributed by atoms with Gasteiger partial charge in [0.15, 0.2) is 11.5 Å². The van der Waals surface area contributed by atoms with Gasteiger partial charge in [-0.2, -0.15) is 0 Å². The van der Waals surface area contributed by atoms with Crippen LogP contribution in [0.15, 0.2) is 34.8 Å². The van der Waals surface area contributed by atoms with Gasteiger partial charge in [0.05, 0.1) is 4.47 Å². The van der Waals surface area contributed by atoms with Gasteiger partial charge in [-0.15, -0.1) is 0 Å². The molecule has 0 aliphatic carbocycles. The lowest BCUT2D eigenvalue weighted by molar-refractivity contribution is 0.174. The maximum Gasteiger partial charge on any atom is 0.231 e. The van der Waals surface area contributed by atoms with E-state index in [0.717, 1.165) is 5.56 Å². The van der Waals surface area contributed by atoms with Gasteiger partial charge in [0.1, 0.15) is 11.6 Å². The van der Waals surface area contributed by atoms with Crippen molar-refractivity contribution in [1.29, 1.82) is 0 Å². The molecule has 0 spiro atoms. The Balaban J connectivity index is 1.65. The summed E-state index contributed by atoms with van der Waals surface area (Å²) in [6.07, 6.45) is 0. The molecule has 6 heteroatoms. The minimum absolute atomic E-state index is 0.0186. The van der Waals surface area contributed by atoms with E-state index in [4.69, 9.17) is 9.47 Å². The van der Waals surface area contributed by atoms with Crippen LogP contribution in [-0.2, 0) is 13.1 Å². The van der Waals surface area contributed by atoms with Crippen LogP contribution in [0.2, 0.25) is 0 Å². The molecule has 0 radical (unpaired) electrons. The summed E-state index contributed by atoms with van der Waals surface area (Å²) in [7, 11) is 0. The van der Waals surface area contributed by atoms with Crippen LogP contribution in [-0.4, -0.2) is 6.79 Å². The van der Waals surface area contributed by atoms with E-state index in [1.165, 1.54) is 12.1 Å². The Hall–Kier alpha value is -1.66. The molecule has 2 aromatic rings. The molecule has 0 amide bonds. The third kappa shape index (κ3) is 3.01. The fourth-order valence-electron chi connectivity index (χ4n) is 2.11. The summed E-state index contributed by atoms with van der Waals surface area (Å²) in [6, 6.07) is 8.15. The van der Waals surface area contributed by atoms with E-state index in [9.17, 15) is 8.78 Å². The van der Waals surface area contributed by atoms with Crippen molar-refractivity contribution in [3.63, 3.8) is 0 Å². The Labute approximate surface area is 129 Å². The highest BCUT2D eigenvalue weighted by Gasteiger charge is 2.14. The van der Waals surface area contributed by atoms with E-state index in [0.29, 0.717) is 18.0 Å². The zero-order valence-corrected chi connectivity index (χ0v) is 12.5.